The summed E-state index contributed by atoms with van der Waals surface area (Å²) in [5.41, 5.74) is 0.735. The molecular weight excluding hydrogens is 420 g/mol. The van der Waals surface area contributed by atoms with Crippen molar-refractivity contribution in [2.75, 3.05) is 30.3 Å². The van der Waals surface area contributed by atoms with Gasteiger partial charge in [-0.3, -0.25) is 9.59 Å². The number of amides is 2. The normalized spacial score (nSPS) is 18.2. The van der Waals surface area contributed by atoms with Crippen LogP contribution in [0.4, 0.5) is 5.69 Å². The van der Waals surface area contributed by atoms with E-state index in [1.807, 2.05) is 41.3 Å². The Hall–Kier alpha value is -2.99. The first-order chi connectivity index (χ1) is 15.7. The van der Waals surface area contributed by atoms with Crippen molar-refractivity contribution in [2.45, 2.75) is 30.3 Å². The summed E-state index contributed by atoms with van der Waals surface area (Å²) in [5.74, 6) is 0.866. The number of nitrogens with zero attached hydrogens (tertiary/aromatic N) is 2. The molecule has 6 heteroatoms. The first kappa shape index (κ1) is 20.9. The Bertz CT molecular complexity index is 1140. The van der Waals surface area contributed by atoms with Gasteiger partial charge >= 0.3 is 0 Å². The lowest BCUT2D eigenvalue weighted by Gasteiger charge is -2.37. The van der Waals surface area contributed by atoms with E-state index in [4.69, 9.17) is 4.74 Å². The summed E-state index contributed by atoms with van der Waals surface area (Å²) in [6, 6.07) is 21.9. The van der Waals surface area contributed by atoms with Gasteiger partial charge in [-0.25, -0.2) is 0 Å². The van der Waals surface area contributed by atoms with Crippen molar-refractivity contribution in [1.29, 1.82) is 0 Å². The molecule has 3 aromatic carbocycles. The molecule has 5 nitrogen and oxygen atoms in total. The van der Waals surface area contributed by atoms with E-state index in [0.29, 0.717) is 11.5 Å². The summed E-state index contributed by atoms with van der Waals surface area (Å²) >= 11 is 1.52. The van der Waals surface area contributed by atoms with E-state index in [1.165, 1.54) is 17.1 Å². The van der Waals surface area contributed by atoms with Crippen LogP contribution in [0.5, 0.6) is 5.75 Å². The zero-order valence-corrected chi connectivity index (χ0v) is 18.7. The number of rotatable bonds is 4. The van der Waals surface area contributed by atoms with Crippen LogP contribution in [0.1, 0.15) is 19.3 Å². The van der Waals surface area contributed by atoms with Gasteiger partial charge in [0.2, 0.25) is 5.91 Å². The van der Waals surface area contributed by atoms with E-state index < -0.39 is 6.10 Å². The molecule has 3 aromatic rings. The summed E-state index contributed by atoms with van der Waals surface area (Å²) in [7, 11) is 0. The fourth-order valence-corrected chi connectivity index (χ4v) is 5.22. The van der Waals surface area contributed by atoms with E-state index in [0.717, 1.165) is 48.3 Å². The number of likely N-dealkylation sites (tertiary alicyclic amines) is 1. The quantitative estimate of drug-likeness (QED) is 0.543. The van der Waals surface area contributed by atoms with Crippen molar-refractivity contribution >= 4 is 40.0 Å². The highest BCUT2D eigenvalue weighted by Gasteiger charge is 2.36. The molecule has 0 aromatic heterocycles. The van der Waals surface area contributed by atoms with Gasteiger partial charge in [0, 0.05) is 18.0 Å². The fourth-order valence-electron chi connectivity index (χ4n) is 4.40. The highest BCUT2D eigenvalue weighted by Crippen LogP contribution is 2.35. The van der Waals surface area contributed by atoms with E-state index in [1.54, 1.807) is 4.90 Å². The van der Waals surface area contributed by atoms with Gasteiger partial charge in [0.05, 0.1) is 18.0 Å². The lowest BCUT2D eigenvalue weighted by atomic mass is 10.1. The minimum absolute atomic E-state index is 0.0146. The number of benzene rings is 3. The van der Waals surface area contributed by atoms with Crippen molar-refractivity contribution in [3.05, 3.63) is 66.7 Å². The number of thioether (sulfide) groups is 1. The number of para-hydroxylation sites is 2. The highest BCUT2D eigenvalue weighted by atomic mass is 32.2. The number of hydrogen-bond acceptors (Lipinski definition) is 4. The Labute approximate surface area is 192 Å². The zero-order chi connectivity index (χ0) is 21.9. The van der Waals surface area contributed by atoms with Crippen molar-refractivity contribution in [3.8, 4) is 5.75 Å². The number of piperidine rings is 1. The molecular formula is C26H26N2O3S. The number of ether oxygens (including phenoxy) is 1. The van der Waals surface area contributed by atoms with E-state index >= 15 is 0 Å². The minimum atomic E-state index is -0.655. The molecule has 164 valence electrons. The molecule has 1 atom stereocenters. The van der Waals surface area contributed by atoms with Crippen LogP contribution in [-0.4, -0.2) is 48.2 Å². The van der Waals surface area contributed by atoms with Crippen LogP contribution in [-0.2, 0) is 9.59 Å². The van der Waals surface area contributed by atoms with Crippen molar-refractivity contribution in [1.82, 2.24) is 4.90 Å². The molecule has 0 spiro atoms. The monoisotopic (exact) mass is 446 g/mol. The van der Waals surface area contributed by atoms with Crippen molar-refractivity contribution < 1.29 is 14.3 Å². The second-order valence-electron chi connectivity index (χ2n) is 8.26. The lowest BCUT2D eigenvalue weighted by molar-refractivity contribution is -0.139. The Morgan fingerprint density at radius 2 is 1.66 bits per heavy atom. The number of carbonyl (C=O) groups is 2. The van der Waals surface area contributed by atoms with E-state index in [-0.39, 0.29) is 18.4 Å². The van der Waals surface area contributed by atoms with Crippen LogP contribution in [0.2, 0.25) is 0 Å². The van der Waals surface area contributed by atoms with Crippen LogP contribution >= 0.6 is 11.8 Å². The van der Waals surface area contributed by atoms with Crippen molar-refractivity contribution in [2.24, 2.45) is 0 Å². The van der Waals surface area contributed by atoms with Crippen LogP contribution in [0.15, 0.2) is 71.6 Å². The van der Waals surface area contributed by atoms with E-state index in [9.17, 15) is 9.59 Å². The summed E-state index contributed by atoms with van der Waals surface area (Å²) in [4.78, 5) is 31.0. The Morgan fingerprint density at radius 3 is 2.50 bits per heavy atom. The molecule has 1 saturated heterocycles. The zero-order valence-electron chi connectivity index (χ0n) is 17.9. The standard InChI is InChI=1S/C26H26N2O3S/c29-25(18-32-21-13-12-19-8-2-3-9-20(19)16-21)28-17-24(26(30)27-14-6-1-7-15-27)31-23-11-5-4-10-22(23)28/h2-5,8-13,16,24H,1,6-7,14-15,17-18H2. The van der Waals surface area contributed by atoms with Gasteiger partial charge in [0.1, 0.15) is 5.75 Å². The molecule has 2 amide bonds. The topological polar surface area (TPSA) is 49.9 Å². The molecule has 2 aliphatic rings. The first-order valence-corrected chi connectivity index (χ1v) is 12.1. The van der Waals surface area contributed by atoms with Crippen molar-refractivity contribution in [3.63, 3.8) is 0 Å². The average Bonchev–Trinajstić information content (AvgIpc) is 2.86. The summed E-state index contributed by atoms with van der Waals surface area (Å²) < 4.78 is 6.05. The molecule has 0 bridgehead atoms. The molecule has 2 aliphatic heterocycles. The van der Waals surface area contributed by atoms with Gasteiger partial charge in [-0.15, -0.1) is 11.8 Å². The predicted molar refractivity (Wildman–Crippen MR) is 128 cm³/mol. The van der Waals surface area contributed by atoms with Gasteiger partial charge in [-0.1, -0.05) is 42.5 Å². The molecule has 1 fully saturated rings. The fraction of sp³-hybridized carbons (Fsp3) is 0.308. The molecule has 5 rings (SSSR count). The summed E-state index contributed by atoms with van der Waals surface area (Å²) in [5, 5.41) is 2.35. The summed E-state index contributed by atoms with van der Waals surface area (Å²) in [6.07, 6.45) is 2.56. The number of carbonyl (C=O) groups excluding carboxylic acids is 2. The molecule has 0 aliphatic carbocycles. The van der Waals surface area contributed by atoms with Crippen LogP contribution < -0.4 is 9.64 Å². The average molecular weight is 447 g/mol. The molecule has 0 saturated carbocycles. The van der Waals surface area contributed by atoms with Gasteiger partial charge in [0.15, 0.2) is 6.10 Å². The summed E-state index contributed by atoms with van der Waals surface area (Å²) in [6.45, 7) is 1.79. The third-order valence-corrected chi connectivity index (χ3v) is 7.08. The van der Waals surface area contributed by atoms with Crippen LogP contribution in [0.3, 0.4) is 0 Å². The SMILES string of the molecule is O=C(C1CN(C(=O)CSc2ccc3ccccc3c2)c2ccccc2O1)N1CCCCC1. The number of fused-ring (bicyclic) bond motifs is 2. The highest BCUT2D eigenvalue weighted by molar-refractivity contribution is 8.00. The molecule has 0 radical (unpaired) electrons. The maximum atomic E-state index is 13.3. The van der Waals surface area contributed by atoms with Gasteiger partial charge in [-0.2, -0.15) is 0 Å². The van der Waals surface area contributed by atoms with Crippen LogP contribution in [0.25, 0.3) is 10.8 Å². The molecule has 1 unspecified atom stereocenters. The number of anilines is 1. The Balaban J connectivity index is 1.32. The third kappa shape index (κ3) is 4.32. The van der Waals surface area contributed by atoms with Gasteiger partial charge < -0.3 is 14.5 Å². The van der Waals surface area contributed by atoms with E-state index in [2.05, 4.69) is 30.3 Å². The smallest absolute Gasteiger partial charge is 0.265 e. The maximum Gasteiger partial charge on any atom is 0.265 e. The molecule has 32 heavy (non-hydrogen) atoms. The number of hydrogen-bond donors (Lipinski definition) is 0. The Kier molecular flexibility index (Phi) is 6.04. The lowest BCUT2D eigenvalue weighted by Crippen LogP contribution is -2.53. The molecule has 0 N–H and O–H groups in total. The largest absolute Gasteiger partial charge is 0.476 e. The van der Waals surface area contributed by atoms with Gasteiger partial charge in [-0.05, 0) is 54.3 Å². The molecule has 2 heterocycles. The first-order valence-electron chi connectivity index (χ1n) is 11.2. The van der Waals surface area contributed by atoms with Crippen LogP contribution in [0, 0.1) is 0 Å². The van der Waals surface area contributed by atoms with Gasteiger partial charge in [0.25, 0.3) is 5.91 Å². The second kappa shape index (κ2) is 9.25. The second-order valence-corrected chi connectivity index (χ2v) is 9.31. The third-order valence-electron chi connectivity index (χ3n) is 6.10. The Morgan fingerprint density at radius 1 is 0.906 bits per heavy atom. The maximum absolute atomic E-state index is 13.3. The minimum Gasteiger partial charge on any atom is -0.476 e. The predicted octanol–water partition coefficient (Wildman–Crippen LogP) is 4.74.